The number of halogens is 2. The van der Waals surface area contributed by atoms with Gasteiger partial charge in [-0.1, -0.05) is 16.8 Å². The van der Waals surface area contributed by atoms with Crippen LogP contribution in [0.25, 0.3) is 0 Å². The lowest BCUT2D eigenvalue weighted by molar-refractivity contribution is 0.294. The van der Waals surface area contributed by atoms with Crippen LogP contribution in [-0.4, -0.2) is 20.8 Å². The quantitative estimate of drug-likeness (QED) is 0.373. The number of aryl methyl sites for hydroxylation is 2. The van der Waals surface area contributed by atoms with Crippen molar-refractivity contribution in [2.45, 2.75) is 13.5 Å². The molecule has 0 atom stereocenters. The average Bonchev–Trinajstić information content (AvgIpc) is 2.69. The molecule has 0 aliphatic carbocycles. The van der Waals surface area contributed by atoms with Gasteiger partial charge in [0.15, 0.2) is 5.84 Å². The molecule has 1 aromatic heterocycles. The van der Waals surface area contributed by atoms with Crippen LogP contribution in [0.1, 0.15) is 17.0 Å². The first kappa shape index (κ1) is 15.7. The lowest BCUT2D eigenvalue weighted by Crippen LogP contribution is -2.13. The second kappa shape index (κ2) is 6.36. The highest BCUT2D eigenvalue weighted by atomic mass is 79.9. The largest absolute Gasteiger partial charge is 0.487 e. The van der Waals surface area contributed by atoms with Crippen LogP contribution in [0, 0.1) is 6.92 Å². The topological polar surface area (TPSA) is 85.7 Å². The van der Waals surface area contributed by atoms with Crippen molar-refractivity contribution in [3.05, 3.63) is 44.6 Å². The highest BCUT2D eigenvalue weighted by Crippen LogP contribution is 2.25. The van der Waals surface area contributed by atoms with Crippen molar-refractivity contribution < 1.29 is 9.94 Å². The highest BCUT2D eigenvalue weighted by molar-refractivity contribution is 9.10. The van der Waals surface area contributed by atoms with Crippen LogP contribution in [0.3, 0.4) is 0 Å². The summed E-state index contributed by atoms with van der Waals surface area (Å²) in [6.45, 7) is 2.26. The van der Waals surface area contributed by atoms with E-state index in [4.69, 9.17) is 27.3 Å². The fourth-order valence-corrected chi connectivity index (χ4v) is 2.55. The normalized spacial score (nSPS) is 11.7. The van der Waals surface area contributed by atoms with E-state index in [0.29, 0.717) is 22.9 Å². The molecule has 0 radical (unpaired) electrons. The van der Waals surface area contributed by atoms with Crippen LogP contribution in [0.4, 0.5) is 0 Å². The molecule has 0 unspecified atom stereocenters. The van der Waals surface area contributed by atoms with Crippen LogP contribution < -0.4 is 10.5 Å². The molecule has 0 fully saturated rings. The molecule has 3 N–H and O–H groups in total. The molecule has 1 aromatic carbocycles. The second-order valence-corrected chi connectivity index (χ2v) is 5.59. The summed E-state index contributed by atoms with van der Waals surface area (Å²) in [7, 11) is 1.85. The summed E-state index contributed by atoms with van der Waals surface area (Å²) in [6.07, 6.45) is 0. The molecule has 112 valence electrons. The zero-order chi connectivity index (χ0) is 15.6. The Morgan fingerprint density at radius 1 is 1.57 bits per heavy atom. The van der Waals surface area contributed by atoms with Gasteiger partial charge in [-0.05, 0) is 41.1 Å². The predicted molar refractivity (Wildman–Crippen MR) is 83.9 cm³/mol. The van der Waals surface area contributed by atoms with Crippen LogP contribution in [0.15, 0.2) is 27.8 Å². The van der Waals surface area contributed by atoms with Gasteiger partial charge in [-0.25, -0.2) is 0 Å². The van der Waals surface area contributed by atoms with E-state index in [2.05, 4.69) is 26.2 Å². The predicted octanol–water partition coefficient (Wildman–Crippen LogP) is 2.82. The SMILES string of the molecule is Cc1nn(C)c(COc2ccc(/C(N)=N/O)c(Cl)c2)c1Br. The van der Waals surface area contributed by atoms with E-state index in [-0.39, 0.29) is 5.84 Å². The van der Waals surface area contributed by atoms with Crippen molar-refractivity contribution in [3.63, 3.8) is 0 Å². The lowest BCUT2D eigenvalue weighted by atomic mass is 10.2. The molecule has 8 heteroatoms. The number of ether oxygens (including phenoxy) is 1. The minimum atomic E-state index is -0.0449. The number of oxime groups is 1. The van der Waals surface area contributed by atoms with Crippen molar-refractivity contribution >= 4 is 33.4 Å². The molecule has 21 heavy (non-hydrogen) atoms. The van der Waals surface area contributed by atoms with Gasteiger partial charge in [-0.2, -0.15) is 5.10 Å². The highest BCUT2D eigenvalue weighted by Gasteiger charge is 2.12. The second-order valence-electron chi connectivity index (χ2n) is 4.39. The van der Waals surface area contributed by atoms with E-state index in [1.807, 2.05) is 14.0 Å². The van der Waals surface area contributed by atoms with E-state index in [1.54, 1.807) is 22.9 Å². The monoisotopic (exact) mass is 372 g/mol. The Morgan fingerprint density at radius 3 is 2.81 bits per heavy atom. The van der Waals surface area contributed by atoms with Crippen LogP contribution in [0.2, 0.25) is 5.02 Å². The molecule has 2 aromatic rings. The van der Waals surface area contributed by atoms with Crippen molar-refractivity contribution in [2.24, 2.45) is 17.9 Å². The molecule has 0 aliphatic rings. The number of nitrogens with two attached hydrogens (primary N) is 1. The first-order chi connectivity index (χ1) is 9.93. The summed E-state index contributed by atoms with van der Waals surface area (Å²) >= 11 is 9.55. The van der Waals surface area contributed by atoms with Crippen molar-refractivity contribution in [1.82, 2.24) is 9.78 Å². The number of aromatic nitrogens is 2. The first-order valence-corrected chi connectivity index (χ1v) is 7.19. The van der Waals surface area contributed by atoms with Gasteiger partial charge in [0.05, 0.1) is 20.9 Å². The summed E-state index contributed by atoms with van der Waals surface area (Å²) in [4.78, 5) is 0. The number of rotatable bonds is 4. The van der Waals surface area contributed by atoms with Gasteiger partial charge in [0, 0.05) is 12.6 Å². The summed E-state index contributed by atoms with van der Waals surface area (Å²) in [5.74, 6) is 0.539. The molecule has 0 aliphatic heterocycles. The van der Waals surface area contributed by atoms with Crippen LogP contribution in [-0.2, 0) is 13.7 Å². The zero-order valence-corrected chi connectivity index (χ0v) is 13.8. The summed E-state index contributed by atoms with van der Waals surface area (Å²) < 4.78 is 8.37. The standard InChI is InChI=1S/C13H14BrClN4O2/c1-7-12(14)11(19(2)17-7)6-21-8-3-4-9(10(15)5-8)13(16)18-20/h3-5,20H,6H2,1-2H3,(H2,16,18). The lowest BCUT2D eigenvalue weighted by Gasteiger charge is -2.09. The van der Waals surface area contributed by atoms with Crippen molar-refractivity contribution in [1.29, 1.82) is 0 Å². The molecule has 0 saturated heterocycles. The smallest absolute Gasteiger partial charge is 0.171 e. The van der Waals surface area contributed by atoms with E-state index >= 15 is 0 Å². The number of hydrogen-bond donors (Lipinski definition) is 2. The van der Waals surface area contributed by atoms with E-state index in [0.717, 1.165) is 15.9 Å². The minimum absolute atomic E-state index is 0.0449. The summed E-state index contributed by atoms with van der Waals surface area (Å²) in [5.41, 5.74) is 7.78. The third kappa shape index (κ3) is 3.30. The molecular formula is C13H14BrClN4O2. The third-order valence-electron chi connectivity index (χ3n) is 2.96. The molecule has 1 heterocycles. The maximum absolute atomic E-state index is 8.66. The van der Waals surface area contributed by atoms with Gasteiger partial charge in [0.1, 0.15) is 12.4 Å². The van der Waals surface area contributed by atoms with Gasteiger partial charge in [0.25, 0.3) is 0 Å². The Balaban J connectivity index is 2.16. The number of nitrogens with zero attached hydrogens (tertiary/aromatic N) is 3. The Morgan fingerprint density at radius 2 is 2.29 bits per heavy atom. The third-order valence-corrected chi connectivity index (χ3v) is 4.31. The number of amidine groups is 1. The van der Waals surface area contributed by atoms with Crippen LogP contribution in [0.5, 0.6) is 5.75 Å². The van der Waals surface area contributed by atoms with E-state index in [1.165, 1.54) is 0 Å². The Kier molecular flexibility index (Phi) is 4.74. The first-order valence-electron chi connectivity index (χ1n) is 6.02. The van der Waals surface area contributed by atoms with Crippen molar-refractivity contribution in [2.75, 3.05) is 0 Å². The molecule has 2 rings (SSSR count). The van der Waals surface area contributed by atoms with Gasteiger partial charge < -0.3 is 15.7 Å². The molecule has 0 bridgehead atoms. The Bertz CT molecular complexity index is 700. The molecule has 0 spiro atoms. The van der Waals surface area contributed by atoms with Crippen molar-refractivity contribution in [3.8, 4) is 5.75 Å². The molecule has 0 amide bonds. The van der Waals surface area contributed by atoms with E-state index in [9.17, 15) is 0 Å². The molecular weight excluding hydrogens is 360 g/mol. The number of benzene rings is 1. The van der Waals surface area contributed by atoms with Gasteiger partial charge in [-0.3, -0.25) is 4.68 Å². The Hall–Kier alpha value is -1.73. The summed E-state index contributed by atoms with van der Waals surface area (Å²) in [6, 6.07) is 4.96. The van der Waals surface area contributed by atoms with E-state index < -0.39 is 0 Å². The number of hydrogen-bond acceptors (Lipinski definition) is 4. The van der Waals surface area contributed by atoms with Gasteiger partial charge in [-0.15, -0.1) is 0 Å². The van der Waals surface area contributed by atoms with Gasteiger partial charge in [0.2, 0.25) is 0 Å². The molecule has 6 nitrogen and oxygen atoms in total. The fraction of sp³-hybridized carbons (Fsp3) is 0.231. The maximum atomic E-state index is 8.66. The minimum Gasteiger partial charge on any atom is -0.487 e. The Labute approximate surface area is 135 Å². The van der Waals surface area contributed by atoms with Crippen LogP contribution >= 0.6 is 27.5 Å². The fourth-order valence-electron chi connectivity index (χ4n) is 1.84. The average molecular weight is 374 g/mol. The van der Waals surface area contributed by atoms with Gasteiger partial charge >= 0.3 is 0 Å². The zero-order valence-electron chi connectivity index (χ0n) is 11.5. The molecule has 0 saturated carbocycles. The summed E-state index contributed by atoms with van der Waals surface area (Å²) in [5, 5.41) is 16.2. The maximum Gasteiger partial charge on any atom is 0.171 e.